The Morgan fingerprint density at radius 1 is 1.15 bits per heavy atom. The van der Waals surface area contributed by atoms with E-state index in [0.29, 0.717) is 35.5 Å². The Morgan fingerprint density at radius 2 is 1.88 bits per heavy atom. The number of fused-ring (bicyclic) bond motifs is 1. The van der Waals surface area contributed by atoms with E-state index in [1.807, 2.05) is 6.07 Å². The number of alkyl halides is 3. The van der Waals surface area contributed by atoms with Crippen LogP contribution in [0.3, 0.4) is 0 Å². The number of carbonyl (C=O) groups excluding carboxylic acids is 2. The minimum Gasteiger partial charge on any atom is -0.406 e. The molecule has 1 amide bonds. The molecule has 6 nitrogen and oxygen atoms in total. The number of benzene rings is 2. The number of rotatable bonds is 7. The topological polar surface area (TPSA) is 86.3 Å². The Labute approximate surface area is 194 Å². The molecule has 0 saturated heterocycles. The molecule has 4 rings (SSSR count). The lowest BCUT2D eigenvalue weighted by Crippen LogP contribution is -2.39. The lowest BCUT2D eigenvalue weighted by Gasteiger charge is -2.26. The van der Waals surface area contributed by atoms with E-state index in [-0.39, 0.29) is 23.5 Å². The third-order valence-electron chi connectivity index (χ3n) is 5.85. The van der Waals surface area contributed by atoms with Crippen LogP contribution in [0.25, 0.3) is 22.4 Å². The van der Waals surface area contributed by atoms with E-state index < -0.39 is 6.36 Å². The minimum absolute atomic E-state index is 0.000138. The maximum Gasteiger partial charge on any atom is 0.573 e. The number of Topliss-reactive ketones (excluding diaryl/α,β-unsaturated/α-hetero) is 1. The van der Waals surface area contributed by atoms with Gasteiger partial charge in [0.25, 0.3) is 0 Å². The molecule has 3 aromatic rings. The summed E-state index contributed by atoms with van der Waals surface area (Å²) in [6.07, 6.45) is -3.33. The van der Waals surface area contributed by atoms with Crippen LogP contribution in [-0.2, 0) is 0 Å². The van der Waals surface area contributed by atoms with Crippen molar-refractivity contribution in [3.63, 3.8) is 0 Å². The van der Waals surface area contributed by atoms with E-state index in [1.165, 1.54) is 29.7 Å². The molecule has 1 atom stereocenters. The number of ether oxygens (including phenoxy) is 1. The van der Waals surface area contributed by atoms with Crippen molar-refractivity contribution < 1.29 is 27.5 Å². The molecule has 0 saturated carbocycles. The van der Waals surface area contributed by atoms with Gasteiger partial charge in [0.05, 0.1) is 5.69 Å². The molecule has 9 heteroatoms. The van der Waals surface area contributed by atoms with Gasteiger partial charge in [-0.1, -0.05) is 36.4 Å². The Balaban J connectivity index is 1.90. The van der Waals surface area contributed by atoms with Crippen LogP contribution in [-0.4, -0.2) is 35.8 Å². The highest BCUT2D eigenvalue weighted by molar-refractivity contribution is 5.96. The summed E-state index contributed by atoms with van der Waals surface area (Å²) >= 11 is 0. The molecule has 2 heterocycles. The van der Waals surface area contributed by atoms with Crippen molar-refractivity contribution in [1.82, 2.24) is 9.88 Å². The first-order valence-electron chi connectivity index (χ1n) is 10.9. The summed E-state index contributed by atoms with van der Waals surface area (Å²) in [6.45, 7) is 2.42. The Morgan fingerprint density at radius 3 is 2.53 bits per heavy atom. The Hall–Kier alpha value is -3.59. The highest BCUT2D eigenvalue weighted by atomic mass is 19.4. The first-order valence-corrected chi connectivity index (χ1v) is 10.9. The van der Waals surface area contributed by atoms with Crippen LogP contribution < -0.4 is 15.8 Å². The second-order valence-corrected chi connectivity index (χ2v) is 8.19. The maximum absolute atomic E-state index is 13.0. The van der Waals surface area contributed by atoms with Crippen molar-refractivity contribution in [2.24, 2.45) is 5.73 Å². The predicted octanol–water partition coefficient (Wildman–Crippen LogP) is 5.32. The fraction of sp³-hybridized carbons (Fsp3) is 0.280. The number of amides is 1. The molecular formula is C25H24F3N3O3. The molecule has 0 bridgehead atoms. The minimum atomic E-state index is -4.84. The van der Waals surface area contributed by atoms with Crippen LogP contribution in [0.15, 0.2) is 54.6 Å². The molecule has 1 aromatic heterocycles. The molecule has 3 N–H and O–H groups in total. The van der Waals surface area contributed by atoms with E-state index >= 15 is 0 Å². The molecule has 0 fully saturated rings. The molecule has 0 radical (unpaired) electrons. The fourth-order valence-corrected chi connectivity index (χ4v) is 4.29. The van der Waals surface area contributed by atoms with Gasteiger partial charge >= 0.3 is 12.4 Å². The second-order valence-electron chi connectivity index (χ2n) is 8.19. The van der Waals surface area contributed by atoms with Gasteiger partial charge in [0, 0.05) is 34.8 Å². The van der Waals surface area contributed by atoms with Crippen LogP contribution in [0.4, 0.5) is 18.0 Å². The van der Waals surface area contributed by atoms with E-state index in [0.717, 1.165) is 24.1 Å². The van der Waals surface area contributed by atoms with Gasteiger partial charge in [0.15, 0.2) is 5.78 Å². The molecule has 0 spiro atoms. The van der Waals surface area contributed by atoms with E-state index in [2.05, 4.69) is 10.1 Å². The average molecular weight is 471 g/mol. The normalized spacial score (nSPS) is 15.6. The van der Waals surface area contributed by atoms with Crippen molar-refractivity contribution >= 4 is 11.8 Å². The van der Waals surface area contributed by atoms with Gasteiger partial charge in [-0.2, -0.15) is 0 Å². The van der Waals surface area contributed by atoms with Crippen LogP contribution in [0, 0.1) is 0 Å². The zero-order valence-corrected chi connectivity index (χ0v) is 18.5. The second kappa shape index (κ2) is 9.34. The summed E-state index contributed by atoms with van der Waals surface area (Å²) in [6, 6.07) is 14.0. The van der Waals surface area contributed by atoms with E-state index in [1.54, 1.807) is 30.3 Å². The van der Waals surface area contributed by atoms with Gasteiger partial charge in [-0.15, -0.1) is 13.2 Å². The standard InChI is InChI=1S/C25H24F3N3O3/c1-15(32)16-7-9-17(10-8-16)21-13-22-19(5-3-11-29)14-30-24(33)31(22)23(21)18-4-2-6-20(12-18)34-25(26,27)28/h2,4,6-10,12-13,19H,3,5,11,14,29H2,1H3,(H,30,33). The van der Waals surface area contributed by atoms with Crippen LogP contribution in [0.5, 0.6) is 5.75 Å². The van der Waals surface area contributed by atoms with Crippen LogP contribution >= 0.6 is 0 Å². The summed E-state index contributed by atoms with van der Waals surface area (Å²) in [4.78, 5) is 24.7. The van der Waals surface area contributed by atoms with Crippen LogP contribution in [0.2, 0.25) is 0 Å². The number of halogens is 3. The smallest absolute Gasteiger partial charge is 0.406 e. The number of ketones is 1. The SMILES string of the molecule is CC(=O)c1ccc(-c2cc3n(c2-c2cccc(OC(F)(F)F)c2)C(=O)NCC3CCCN)cc1. The largest absolute Gasteiger partial charge is 0.573 e. The van der Waals surface area contributed by atoms with Crippen molar-refractivity contribution in [3.8, 4) is 28.1 Å². The third kappa shape index (κ3) is 4.84. The predicted molar refractivity (Wildman–Crippen MR) is 122 cm³/mol. The lowest BCUT2D eigenvalue weighted by atomic mass is 9.96. The third-order valence-corrected chi connectivity index (χ3v) is 5.85. The highest BCUT2D eigenvalue weighted by Gasteiger charge is 2.33. The molecular weight excluding hydrogens is 447 g/mol. The quantitative estimate of drug-likeness (QED) is 0.457. The summed E-state index contributed by atoms with van der Waals surface area (Å²) < 4.78 is 44.1. The van der Waals surface area contributed by atoms with Gasteiger partial charge < -0.3 is 15.8 Å². The summed E-state index contributed by atoms with van der Waals surface area (Å²) in [7, 11) is 0. The first-order chi connectivity index (χ1) is 16.2. The van der Waals surface area contributed by atoms with Crippen LogP contribution in [0.1, 0.15) is 41.7 Å². The number of carbonyl (C=O) groups is 2. The van der Waals surface area contributed by atoms with Crippen molar-refractivity contribution in [1.29, 1.82) is 0 Å². The van der Waals surface area contributed by atoms with Gasteiger partial charge in [-0.05, 0) is 50.1 Å². The Bertz CT molecular complexity index is 1220. The van der Waals surface area contributed by atoms with Gasteiger partial charge in [-0.25, -0.2) is 4.79 Å². The number of nitrogens with zero attached hydrogens (tertiary/aromatic N) is 1. The molecule has 1 aliphatic heterocycles. The summed E-state index contributed by atoms with van der Waals surface area (Å²) in [5.74, 6) is -0.463. The Kier molecular flexibility index (Phi) is 6.47. The van der Waals surface area contributed by atoms with E-state index in [4.69, 9.17) is 5.73 Å². The summed E-state index contributed by atoms with van der Waals surface area (Å²) in [5.41, 5.74) is 9.24. The van der Waals surface area contributed by atoms with Gasteiger partial charge in [0.1, 0.15) is 5.75 Å². The number of hydrogen-bond donors (Lipinski definition) is 2. The van der Waals surface area contributed by atoms with Crippen molar-refractivity contribution in [2.45, 2.75) is 32.0 Å². The van der Waals surface area contributed by atoms with Crippen molar-refractivity contribution in [3.05, 3.63) is 65.9 Å². The molecule has 1 aliphatic rings. The number of hydrogen-bond acceptors (Lipinski definition) is 4. The maximum atomic E-state index is 13.0. The monoisotopic (exact) mass is 471 g/mol. The average Bonchev–Trinajstić information content (AvgIpc) is 3.19. The zero-order valence-electron chi connectivity index (χ0n) is 18.5. The molecule has 34 heavy (non-hydrogen) atoms. The number of nitrogens with two attached hydrogens (primary N) is 1. The van der Waals surface area contributed by atoms with Gasteiger partial charge in [-0.3, -0.25) is 9.36 Å². The lowest BCUT2D eigenvalue weighted by molar-refractivity contribution is -0.274. The zero-order chi connectivity index (χ0) is 24.5. The highest BCUT2D eigenvalue weighted by Crippen LogP contribution is 2.41. The summed E-state index contributed by atoms with van der Waals surface area (Å²) in [5, 5.41) is 2.88. The molecule has 1 unspecified atom stereocenters. The number of nitrogens with one attached hydrogen (secondary N) is 1. The van der Waals surface area contributed by atoms with E-state index in [9.17, 15) is 22.8 Å². The van der Waals surface area contributed by atoms with Crippen molar-refractivity contribution in [2.75, 3.05) is 13.1 Å². The first kappa shape index (κ1) is 23.6. The molecule has 178 valence electrons. The molecule has 0 aliphatic carbocycles. The molecule has 2 aromatic carbocycles. The fourth-order valence-electron chi connectivity index (χ4n) is 4.29. The van der Waals surface area contributed by atoms with Gasteiger partial charge in [0.2, 0.25) is 0 Å². The number of aromatic nitrogens is 1.